The maximum absolute atomic E-state index is 6.08. The Kier molecular flexibility index (Phi) is 2.53. The summed E-state index contributed by atoms with van der Waals surface area (Å²) in [6.45, 7) is 0. The van der Waals surface area contributed by atoms with Gasteiger partial charge in [0.2, 0.25) is 0 Å². The molecule has 0 fully saturated rings. The maximum atomic E-state index is 6.08. The molecule has 0 aliphatic rings. The van der Waals surface area contributed by atoms with Crippen LogP contribution in [-0.4, -0.2) is 4.57 Å². The van der Waals surface area contributed by atoms with E-state index in [1.165, 1.54) is 0 Å². The Morgan fingerprint density at radius 2 is 1.79 bits per heavy atom. The van der Waals surface area contributed by atoms with Crippen molar-refractivity contribution in [2.75, 3.05) is 0 Å². The number of hydrogen-bond donors (Lipinski definition) is 0. The molecular formula is C11H8Cl2N. The molecule has 0 bridgehead atoms. The summed E-state index contributed by atoms with van der Waals surface area (Å²) < 4.78 is 1.87. The topological polar surface area (TPSA) is 4.93 Å². The number of aryl methyl sites for hydroxylation is 1. The number of hydrogen-bond acceptors (Lipinski definition) is 0. The highest BCUT2D eigenvalue weighted by Gasteiger charge is 2.09. The molecule has 3 heteroatoms. The maximum Gasteiger partial charge on any atom is 0.0650 e. The third kappa shape index (κ3) is 1.54. The first-order valence-electron chi connectivity index (χ1n) is 4.18. The number of benzene rings is 1. The highest BCUT2D eigenvalue weighted by molar-refractivity contribution is 6.39. The summed E-state index contributed by atoms with van der Waals surface area (Å²) in [5.74, 6) is 0. The van der Waals surface area contributed by atoms with E-state index in [0.717, 1.165) is 11.3 Å². The molecule has 2 rings (SSSR count). The van der Waals surface area contributed by atoms with E-state index in [2.05, 4.69) is 6.20 Å². The quantitative estimate of drug-likeness (QED) is 0.695. The molecule has 0 spiro atoms. The fraction of sp³-hybridized carbons (Fsp3) is 0.0909. The molecule has 0 aliphatic heterocycles. The molecule has 1 nitrogen and oxygen atoms in total. The number of halogens is 2. The molecular weight excluding hydrogens is 217 g/mol. The van der Waals surface area contributed by atoms with Crippen LogP contribution in [0, 0.1) is 6.20 Å². The zero-order valence-corrected chi connectivity index (χ0v) is 9.10. The van der Waals surface area contributed by atoms with Crippen LogP contribution in [0.2, 0.25) is 10.0 Å². The number of rotatable bonds is 1. The average Bonchev–Trinajstić information content (AvgIpc) is 2.52. The Bertz CT molecular complexity index is 440. The van der Waals surface area contributed by atoms with E-state index < -0.39 is 0 Å². The van der Waals surface area contributed by atoms with Gasteiger partial charge in [0.25, 0.3) is 0 Å². The van der Waals surface area contributed by atoms with E-state index in [1.54, 1.807) is 0 Å². The normalized spacial score (nSPS) is 10.5. The van der Waals surface area contributed by atoms with Crippen molar-refractivity contribution < 1.29 is 0 Å². The molecule has 71 valence electrons. The summed E-state index contributed by atoms with van der Waals surface area (Å²) in [5.41, 5.74) is 1.83. The highest BCUT2D eigenvalue weighted by Crippen LogP contribution is 2.34. The van der Waals surface area contributed by atoms with Crippen LogP contribution in [-0.2, 0) is 7.05 Å². The Morgan fingerprint density at radius 1 is 1.14 bits per heavy atom. The van der Waals surface area contributed by atoms with E-state index in [4.69, 9.17) is 23.2 Å². The first-order valence-corrected chi connectivity index (χ1v) is 4.93. The van der Waals surface area contributed by atoms with Crippen molar-refractivity contribution >= 4 is 23.2 Å². The Labute approximate surface area is 92.9 Å². The third-order valence-electron chi connectivity index (χ3n) is 2.09. The molecule has 14 heavy (non-hydrogen) atoms. The molecule has 0 saturated heterocycles. The van der Waals surface area contributed by atoms with Crippen LogP contribution in [0.3, 0.4) is 0 Å². The molecule has 0 N–H and O–H groups in total. The lowest BCUT2D eigenvalue weighted by atomic mass is 10.1. The second-order valence-corrected chi connectivity index (χ2v) is 3.82. The minimum absolute atomic E-state index is 0.660. The standard InChI is InChI=1S/C11H8Cl2N/c1-14-7-3-6-10(14)11-8(12)4-2-5-9(11)13/h2-6H,1H3. The predicted octanol–water partition coefficient (Wildman–Crippen LogP) is 3.80. The van der Waals surface area contributed by atoms with Crippen LogP contribution in [0.1, 0.15) is 0 Å². The van der Waals surface area contributed by atoms with Crippen LogP contribution in [0.4, 0.5) is 0 Å². The van der Waals surface area contributed by atoms with E-state index in [1.807, 2.05) is 41.9 Å². The monoisotopic (exact) mass is 224 g/mol. The SMILES string of the molecule is Cn1[c]ccc1-c1c(Cl)cccc1Cl. The molecule has 0 atom stereocenters. The van der Waals surface area contributed by atoms with Crippen LogP contribution < -0.4 is 0 Å². The van der Waals surface area contributed by atoms with E-state index >= 15 is 0 Å². The number of nitrogens with zero attached hydrogens (tertiary/aromatic N) is 1. The van der Waals surface area contributed by atoms with Crippen molar-refractivity contribution in [3.05, 3.63) is 46.6 Å². The van der Waals surface area contributed by atoms with Crippen molar-refractivity contribution in [3.63, 3.8) is 0 Å². The van der Waals surface area contributed by atoms with Crippen molar-refractivity contribution in [1.82, 2.24) is 4.57 Å². The third-order valence-corrected chi connectivity index (χ3v) is 2.72. The fourth-order valence-electron chi connectivity index (χ4n) is 1.40. The minimum Gasteiger partial charge on any atom is -0.342 e. The van der Waals surface area contributed by atoms with Crippen LogP contribution >= 0.6 is 23.2 Å². The van der Waals surface area contributed by atoms with Gasteiger partial charge in [-0.3, -0.25) is 0 Å². The van der Waals surface area contributed by atoms with Gasteiger partial charge in [-0.25, -0.2) is 0 Å². The minimum atomic E-state index is 0.660. The second-order valence-electron chi connectivity index (χ2n) is 3.00. The van der Waals surface area contributed by atoms with E-state index in [-0.39, 0.29) is 0 Å². The molecule has 1 heterocycles. The molecule has 2 aromatic rings. The summed E-state index contributed by atoms with van der Waals surface area (Å²) in [6.07, 6.45) is 3.02. The van der Waals surface area contributed by atoms with Gasteiger partial charge in [0.1, 0.15) is 0 Å². The lowest BCUT2D eigenvalue weighted by Crippen LogP contribution is -1.91. The van der Waals surface area contributed by atoms with Gasteiger partial charge < -0.3 is 4.57 Å². The first-order chi connectivity index (χ1) is 6.70. The van der Waals surface area contributed by atoms with Crippen molar-refractivity contribution in [2.45, 2.75) is 0 Å². The van der Waals surface area contributed by atoms with Crippen LogP contribution in [0.5, 0.6) is 0 Å². The summed E-state index contributed by atoms with van der Waals surface area (Å²) in [7, 11) is 1.91. The zero-order valence-electron chi connectivity index (χ0n) is 7.59. The van der Waals surface area contributed by atoms with Crippen LogP contribution in [0.15, 0.2) is 30.3 Å². The Morgan fingerprint density at radius 3 is 2.29 bits per heavy atom. The molecule has 1 aromatic heterocycles. The zero-order chi connectivity index (χ0) is 10.1. The summed E-state index contributed by atoms with van der Waals surface area (Å²) in [6, 6.07) is 9.27. The second kappa shape index (κ2) is 3.68. The van der Waals surface area contributed by atoms with Gasteiger partial charge in [0.15, 0.2) is 0 Å². The number of aromatic nitrogens is 1. The summed E-state index contributed by atoms with van der Waals surface area (Å²) in [4.78, 5) is 0. The van der Waals surface area contributed by atoms with Crippen molar-refractivity contribution in [3.8, 4) is 11.3 Å². The smallest absolute Gasteiger partial charge is 0.0650 e. The first kappa shape index (κ1) is 9.63. The van der Waals surface area contributed by atoms with Gasteiger partial charge in [-0.05, 0) is 24.3 Å². The predicted molar refractivity (Wildman–Crippen MR) is 59.7 cm³/mol. The van der Waals surface area contributed by atoms with Gasteiger partial charge in [0, 0.05) is 12.6 Å². The van der Waals surface area contributed by atoms with Crippen molar-refractivity contribution in [1.29, 1.82) is 0 Å². The molecule has 1 radical (unpaired) electrons. The Hall–Kier alpha value is -0.920. The van der Waals surface area contributed by atoms with Gasteiger partial charge >= 0.3 is 0 Å². The molecule has 0 saturated carbocycles. The van der Waals surface area contributed by atoms with Gasteiger partial charge in [-0.2, -0.15) is 0 Å². The van der Waals surface area contributed by atoms with E-state index in [9.17, 15) is 0 Å². The fourth-order valence-corrected chi connectivity index (χ4v) is 1.99. The lowest BCUT2D eigenvalue weighted by Gasteiger charge is -2.07. The average molecular weight is 225 g/mol. The molecule has 1 aromatic carbocycles. The van der Waals surface area contributed by atoms with Gasteiger partial charge in [-0.1, -0.05) is 29.3 Å². The summed E-state index contributed by atoms with van der Waals surface area (Å²) >= 11 is 12.2. The lowest BCUT2D eigenvalue weighted by molar-refractivity contribution is 0.928. The summed E-state index contributed by atoms with van der Waals surface area (Å²) in [5, 5.41) is 1.32. The van der Waals surface area contributed by atoms with Gasteiger partial charge in [0.05, 0.1) is 21.9 Å². The molecule has 0 aliphatic carbocycles. The molecule has 0 unspecified atom stereocenters. The van der Waals surface area contributed by atoms with Crippen molar-refractivity contribution in [2.24, 2.45) is 7.05 Å². The highest BCUT2D eigenvalue weighted by atomic mass is 35.5. The van der Waals surface area contributed by atoms with Crippen LogP contribution in [0.25, 0.3) is 11.3 Å². The Balaban J connectivity index is 2.68. The van der Waals surface area contributed by atoms with E-state index in [0.29, 0.717) is 10.0 Å². The molecule has 0 amide bonds. The van der Waals surface area contributed by atoms with Gasteiger partial charge in [-0.15, -0.1) is 0 Å². The largest absolute Gasteiger partial charge is 0.342 e.